The second-order valence-corrected chi connectivity index (χ2v) is 8.77. The number of hydrogen-bond donors (Lipinski definition) is 2. The molecule has 0 heterocycles. The van der Waals surface area contributed by atoms with E-state index in [1.54, 1.807) is 27.7 Å². The Morgan fingerprint density at radius 2 is 1.84 bits per heavy atom. The van der Waals surface area contributed by atoms with Crippen molar-refractivity contribution in [3.63, 3.8) is 0 Å². The molecule has 2 N–H and O–H groups in total. The van der Waals surface area contributed by atoms with E-state index in [2.05, 4.69) is 10.6 Å². The third-order valence-corrected chi connectivity index (χ3v) is 5.29. The lowest BCUT2D eigenvalue weighted by Crippen LogP contribution is -2.46. The van der Waals surface area contributed by atoms with E-state index in [1.165, 1.54) is 6.07 Å². The highest BCUT2D eigenvalue weighted by atomic mass is 19.1. The predicted octanol–water partition coefficient (Wildman–Crippen LogP) is 4.77. The molecule has 31 heavy (non-hydrogen) atoms. The molecule has 0 radical (unpaired) electrons. The van der Waals surface area contributed by atoms with Crippen LogP contribution in [0.1, 0.15) is 62.8 Å². The molecule has 0 saturated carbocycles. The Hall–Kier alpha value is -2.96. The maximum Gasteiger partial charge on any atom is 0.408 e. The number of alkyl carbamates (subject to hydrolysis) is 1. The Labute approximate surface area is 181 Å². The lowest BCUT2D eigenvalue weighted by molar-refractivity contribution is -0.123. The minimum atomic E-state index is -0.772. The summed E-state index contributed by atoms with van der Waals surface area (Å²) in [5, 5.41) is 5.83. The van der Waals surface area contributed by atoms with Gasteiger partial charge >= 0.3 is 6.09 Å². The Bertz CT molecular complexity index is 972. The quantitative estimate of drug-likeness (QED) is 0.718. The highest BCUT2D eigenvalue weighted by Crippen LogP contribution is 2.33. The summed E-state index contributed by atoms with van der Waals surface area (Å²) in [6.07, 6.45) is 0.285. The molecule has 0 aromatic heterocycles. The molecule has 0 aliphatic heterocycles. The topological polar surface area (TPSA) is 67.4 Å². The zero-order chi connectivity index (χ0) is 22.8. The number of rotatable bonds is 5. The van der Waals surface area contributed by atoms with Gasteiger partial charge in [0.25, 0.3) is 0 Å². The van der Waals surface area contributed by atoms with Crippen molar-refractivity contribution < 1.29 is 23.1 Å². The van der Waals surface area contributed by atoms with E-state index < -0.39 is 41.3 Å². The molecule has 2 amide bonds. The van der Waals surface area contributed by atoms with Crippen molar-refractivity contribution in [1.29, 1.82) is 0 Å². The summed E-state index contributed by atoms with van der Waals surface area (Å²) in [6.45, 7) is 7.10. The van der Waals surface area contributed by atoms with E-state index in [-0.39, 0.29) is 11.5 Å². The van der Waals surface area contributed by atoms with E-state index in [0.29, 0.717) is 12.8 Å². The van der Waals surface area contributed by atoms with Crippen molar-refractivity contribution in [2.45, 2.75) is 64.1 Å². The van der Waals surface area contributed by atoms with Crippen LogP contribution in [0.4, 0.5) is 13.6 Å². The van der Waals surface area contributed by atoms with Gasteiger partial charge in [-0.1, -0.05) is 37.3 Å². The molecule has 3 atom stereocenters. The van der Waals surface area contributed by atoms with Gasteiger partial charge in [-0.25, -0.2) is 13.6 Å². The van der Waals surface area contributed by atoms with Crippen molar-refractivity contribution in [3.05, 3.63) is 70.8 Å². The maximum atomic E-state index is 14.3. The van der Waals surface area contributed by atoms with Gasteiger partial charge in [-0.2, -0.15) is 0 Å². The highest BCUT2D eigenvalue weighted by Gasteiger charge is 2.36. The molecule has 1 unspecified atom stereocenters. The molecule has 0 fully saturated rings. The fraction of sp³-hybridized carbons (Fsp3) is 0.417. The lowest BCUT2D eigenvalue weighted by Gasteiger charge is -2.27. The first-order chi connectivity index (χ1) is 14.6. The van der Waals surface area contributed by atoms with Crippen molar-refractivity contribution in [2.24, 2.45) is 0 Å². The second-order valence-electron chi connectivity index (χ2n) is 8.77. The maximum absolute atomic E-state index is 14.3. The Morgan fingerprint density at radius 3 is 2.48 bits per heavy atom. The Morgan fingerprint density at radius 1 is 1.13 bits per heavy atom. The van der Waals surface area contributed by atoms with E-state index in [0.717, 1.165) is 23.3 Å². The number of fused-ring (bicyclic) bond motifs is 1. The standard InChI is InChI=1S/C24H28F2N2O3/c1-5-16(18-11-10-15(25)13-19(18)26)22(29)27-20-12-14-8-6-7-9-17(14)21(20)28-23(30)31-24(2,3)4/h6-11,13,16,20-21H,5,12H2,1-4H3,(H,27,29)(H,28,30)/t16?,20-,21-/m0/s1. The summed E-state index contributed by atoms with van der Waals surface area (Å²) in [4.78, 5) is 25.5. The molecule has 7 heteroatoms. The third kappa shape index (κ3) is 5.40. The van der Waals surface area contributed by atoms with Crippen LogP contribution in [-0.2, 0) is 16.0 Å². The highest BCUT2D eigenvalue weighted by molar-refractivity contribution is 5.84. The fourth-order valence-corrected chi connectivity index (χ4v) is 3.96. The van der Waals surface area contributed by atoms with Crippen molar-refractivity contribution in [3.8, 4) is 0 Å². The fourth-order valence-electron chi connectivity index (χ4n) is 3.96. The third-order valence-electron chi connectivity index (χ3n) is 5.29. The van der Waals surface area contributed by atoms with Crippen molar-refractivity contribution in [1.82, 2.24) is 10.6 Å². The molecule has 0 spiro atoms. The van der Waals surface area contributed by atoms with E-state index in [9.17, 15) is 18.4 Å². The summed E-state index contributed by atoms with van der Waals surface area (Å²) in [7, 11) is 0. The SMILES string of the molecule is CCC(C(=O)N[C@H]1Cc2ccccc2[C@@H]1NC(=O)OC(C)(C)C)c1ccc(F)cc1F. The van der Waals surface area contributed by atoms with Crippen LogP contribution in [0.2, 0.25) is 0 Å². The van der Waals surface area contributed by atoms with Gasteiger partial charge < -0.3 is 15.4 Å². The van der Waals surface area contributed by atoms with Crippen LogP contribution in [0, 0.1) is 11.6 Å². The number of hydrogen-bond acceptors (Lipinski definition) is 3. The summed E-state index contributed by atoms with van der Waals surface area (Å²) in [6, 6.07) is 9.95. The molecular formula is C24H28F2N2O3. The number of ether oxygens (including phenoxy) is 1. The normalized spacial score (nSPS) is 18.8. The summed E-state index contributed by atoms with van der Waals surface area (Å²) >= 11 is 0. The zero-order valence-electron chi connectivity index (χ0n) is 18.2. The Balaban J connectivity index is 1.81. The molecule has 3 rings (SSSR count). The first-order valence-corrected chi connectivity index (χ1v) is 10.4. The Kier molecular flexibility index (Phi) is 6.62. The first kappa shape index (κ1) is 22.7. The average Bonchev–Trinajstić information content (AvgIpc) is 2.99. The van der Waals surface area contributed by atoms with Gasteiger partial charge in [0.2, 0.25) is 5.91 Å². The molecular weight excluding hydrogens is 402 g/mol. The smallest absolute Gasteiger partial charge is 0.408 e. The summed E-state index contributed by atoms with van der Waals surface area (Å²) in [5.74, 6) is -2.59. The van der Waals surface area contributed by atoms with E-state index in [4.69, 9.17) is 4.74 Å². The largest absolute Gasteiger partial charge is 0.444 e. The van der Waals surface area contributed by atoms with Gasteiger partial charge in [0.1, 0.15) is 17.2 Å². The van der Waals surface area contributed by atoms with Gasteiger partial charge in [0.05, 0.1) is 18.0 Å². The van der Waals surface area contributed by atoms with Gasteiger partial charge in [-0.15, -0.1) is 0 Å². The molecule has 0 saturated heterocycles. The molecule has 1 aliphatic rings. The molecule has 2 aromatic rings. The van der Waals surface area contributed by atoms with Crippen LogP contribution in [0.3, 0.4) is 0 Å². The second kappa shape index (κ2) is 9.04. The monoisotopic (exact) mass is 430 g/mol. The van der Waals surface area contributed by atoms with Gasteiger partial charge in [-0.05, 0) is 50.8 Å². The van der Waals surface area contributed by atoms with Crippen LogP contribution >= 0.6 is 0 Å². The summed E-state index contributed by atoms with van der Waals surface area (Å²) < 4.78 is 33.0. The number of amides is 2. The van der Waals surface area contributed by atoms with Crippen molar-refractivity contribution >= 4 is 12.0 Å². The van der Waals surface area contributed by atoms with Gasteiger partial charge in [-0.3, -0.25) is 4.79 Å². The number of carbonyl (C=O) groups excluding carboxylic acids is 2. The molecule has 0 bridgehead atoms. The zero-order valence-corrected chi connectivity index (χ0v) is 18.2. The van der Waals surface area contributed by atoms with Crippen LogP contribution in [-0.4, -0.2) is 23.6 Å². The van der Waals surface area contributed by atoms with Crippen LogP contribution in [0.25, 0.3) is 0 Å². The van der Waals surface area contributed by atoms with E-state index in [1.807, 2.05) is 24.3 Å². The van der Waals surface area contributed by atoms with Crippen LogP contribution < -0.4 is 10.6 Å². The number of carbonyl (C=O) groups is 2. The average molecular weight is 430 g/mol. The first-order valence-electron chi connectivity index (χ1n) is 10.4. The molecule has 1 aliphatic carbocycles. The number of benzene rings is 2. The summed E-state index contributed by atoms with van der Waals surface area (Å²) in [5.41, 5.74) is 1.40. The lowest BCUT2D eigenvalue weighted by atomic mass is 9.94. The van der Waals surface area contributed by atoms with Crippen molar-refractivity contribution in [2.75, 3.05) is 0 Å². The molecule has 2 aromatic carbocycles. The number of halogens is 2. The van der Waals surface area contributed by atoms with Crippen LogP contribution in [0.15, 0.2) is 42.5 Å². The van der Waals surface area contributed by atoms with E-state index >= 15 is 0 Å². The van der Waals surface area contributed by atoms with Gasteiger partial charge in [0, 0.05) is 11.6 Å². The molecule has 5 nitrogen and oxygen atoms in total. The predicted molar refractivity (Wildman–Crippen MR) is 114 cm³/mol. The van der Waals surface area contributed by atoms with Crippen LogP contribution in [0.5, 0.6) is 0 Å². The van der Waals surface area contributed by atoms with Gasteiger partial charge in [0.15, 0.2) is 0 Å². The number of nitrogens with one attached hydrogen (secondary N) is 2. The minimum absolute atomic E-state index is 0.147. The molecule has 166 valence electrons. The minimum Gasteiger partial charge on any atom is -0.444 e.